The van der Waals surface area contributed by atoms with Crippen LogP contribution in [0.3, 0.4) is 0 Å². The quantitative estimate of drug-likeness (QED) is 0.643. The highest BCUT2D eigenvalue weighted by atomic mass is 16.5. The number of urea groups is 1. The molecule has 4 rings (SSSR count). The number of anilines is 2. The summed E-state index contributed by atoms with van der Waals surface area (Å²) in [4.78, 5) is 32.2. The first kappa shape index (κ1) is 21.1. The molecular weight excluding hydrogens is 404 g/mol. The lowest BCUT2D eigenvalue weighted by molar-refractivity contribution is -0.119. The fraction of sp³-hybridized carbons (Fsp3) is 0.160. The van der Waals surface area contributed by atoms with Gasteiger partial charge in [-0.05, 0) is 25.1 Å². The number of likely N-dealkylation sites (N-methyl/N-ethyl adjacent to an activating group) is 1. The van der Waals surface area contributed by atoms with Gasteiger partial charge < -0.3 is 20.3 Å². The molecule has 1 aliphatic rings. The van der Waals surface area contributed by atoms with Crippen molar-refractivity contribution in [2.75, 3.05) is 23.9 Å². The number of ether oxygens (including phenoxy) is 1. The molecule has 3 amide bonds. The van der Waals surface area contributed by atoms with E-state index in [1.807, 2.05) is 67.6 Å². The fourth-order valence-corrected chi connectivity index (χ4v) is 3.58. The summed E-state index contributed by atoms with van der Waals surface area (Å²) in [6, 6.07) is 23.8. The van der Waals surface area contributed by atoms with Gasteiger partial charge in [-0.25, -0.2) is 9.79 Å². The summed E-state index contributed by atoms with van der Waals surface area (Å²) in [6.07, 6.45) is -1.10. The number of carbonyl (C=O) groups is 2. The van der Waals surface area contributed by atoms with Crippen molar-refractivity contribution >= 4 is 29.0 Å². The summed E-state index contributed by atoms with van der Waals surface area (Å²) in [5.74, 6) is 0.215. The highest BCUT2D eigenvalue weighted by molar-refractivity contribution is 6.20. The second kappa shape index (κ2) is 9.34. The number of amides is 3. The van der Waals surface area contributed by atoms with E-state index in [0.717, 1.165) is 16.8 Å². The predicted octanol–water partition coefficient (Wildman–Crippen LogP) is 4.05. The van der Waals surface area contributed by atoms with Gasteiger partial charge in [0.2, 0.25) is 6.17 Å². The lowest BCUT2D eigenvalue weighted by Crippen LogP contribution is -2.47. The third-order valence-electron chi connectivity index (χ3n) is 5.09. The third-order valence-corrected chi connectivity index (χ3v) is 5.09. The molecule has 0 spiro atoms. The molecular formula is C25H24N4O3. The summed E-state index contributed by atoms with van der Waals surface area (Å²) in [6.45, 7) is 2.34. The molecule has 1 aliphatic heterocycles. The summed E-state index contributed by atoms with van der Waals surface area (Å²) < 4.78 is 5.56. The Morgan fingerprint density at radius 1 is 1.00 bits per heavy atom. The van der Waals surface area contributed by atoms with Gasteiger partial charge in [0.25, 0.3) is 5.91 Å². The molecule has 1 atom stereocenters. The predicted molar refractivity (Wildman–Crippen MR) is 125 cm³/mol. The topological polar surface area (TPSA) is 83.0 Å². The third kappa shape index (κ3) is 4.32. The van der Waals surface area contributed by atoms with E-state index in [4.69, 9.17) is 4.74 Å². The Morgan fingerprint density at radius 3 is 2.47 bits per heavy atom. The zero-order valence-electron chi connectivity index (χ0n) is 17.9. The van der Waals surface area contributed by atoms with Crippen molar-refractivity contribution in [3.8, 4) is 5.75 Å². The number of aliphatic imine (C=N–C) groups is 1. The van der Waals surface area contributed by atoms with E-state index in [0.29, 0.717) is 23.8 Å². The molecule has 7 nitrogen and oxygen atoms in total. The maximum absolute atomic E-state index is 13.2. The minimum Gasteiger partial charge on any atom is -0.492 e. The Balaban J connectivity index is 1.66. The molecule has 3 aromatic rings. The van der Waals surface area contributed by atoms with E-state index in [1.54, 1.807) is 25.2 Å². The van der Waals surface area contributed by atoms with Gasteiger partial charge in [-0.3, -0.25) is 4.79 Å². The number of nitrogens with zero attached hydrogens (tertiary/aromatic N) is 2. The van der Waals surface area contributed by atoms with E-state index in [-0.39, 0.29) is 5.91 Å². The lowest BCUT2D eigenvalue weighted by atomic mass is 10.0. The molecule has 0 fully saturated rings. The van der Waals surface area contributed by atoms with E-state index in [2.05, 4.69) is 15.6 Å². The first-order chi connectivity index (χ1) is 15.6. The van der Waals surface area contributed by atoms with Crippen LogP contribution in [0.5, 0.6) is 5.75 Å². The van der Waals surface area contributed by atoms with Crippen molar-refractivity contribution in [1.82, 2.24) is 5.32 Å². The van der Waals surface area contributed by atoms with Gasteiger partial charge in [-0.15, -0.1) is 0 Å². The largest absolute Gasteiger partial charge is 0.492 e. The normalized spacial score (nSPS) is 15.3. The van der Waals surface area contributed by atoms with Crippen LogP contribution in [-0.4, -0.2) is 37.5 Å². The molecule has 0 bridgehead atoms. The Bertz CT molecular complexity index is 1160. The van der Waals surface area contributed by atoms with Crippen molar-refractivity contribution in [3.05, 3.63) is 90.0 Å². The smallest absolute Gasteiger partial charge is 0.321 e. The molecule has 1 heterocycles. The van der Waals surface area contributed by atoms with Gasteiger partial charge in [0.05, 0.1) is 23.7 Å². The molecule has 3 aromatic carbocycles. The molecule has 7 heteroatoms. The molecule has 2 N–H and O–H groups in total. The van der Waals surface area contributed by atoms with Crippen LogP contribution in [0.4, 0.5) is 16.2 Å². The average Bonchev–Trinajstić information content (AvgIpc) is 2.92. The molecule has 162 valence electrons. The first-order valence-corrected chi connectivity index (χ1v) is 10.4. The van der Waals surface area contributed by atoms with Gasteiger partial charge in [-0.1, -0.05) is 60.7 Å². The minimum absolute atomic E-state index is 0.336. The SMILES string of the molecule is CCOc1ccccc1NC(=O)NC1N=C(c2ccccc2)c2ccccc2N(C)C1=O. The van der Waals surface area contributed by atoms with Crippen LogP contribution in [0.1, 0.15) is 18.1 Å². The number of fused-ring (bicyclic) bond motifs is 1. The monoisotopic (exact) mass is 428 g/mol. The number of nitrogens with one attached hydrogen (secondary N) is 2. The second-order valence-corrected chi connectivity index (χ2v) is 7.19. The number of benzodiazepines with no additional fused rings is 1. The lowest BCUT2D eigenvalue weighted by Gasteiger charge is -2.21. The molecule has 0 saturated heterocycles. The number of benzene rings is 3. The van der Waals surface area contributed by atoms with Crippen molar-refractivity contribution in [2.45, 2.75) is 13.1 Å². The first-order valence-electron chi connectivity index (χ1n) is 10.4. The summed E-state index contributed by atoms with van der Waals surface area (Å²) in [7, 11) is 1.68. The van der Waals surface area contributed by atoms with Crippen molar-refractivity contribution in [3.63, 3.8) is 0 Å². The molecule has 1 unspecified atom stereocenters. The van der Waals surface area contributed by atoms with Crippen LogP contribution in [0.25, 0.3) is 0 Å². The number of para-hydroxylation sites is 3. The van der Waals surface area contributed by atoms with Crippen molar-refractivity contribution in [1.29, 1.82) is 0 Å². The highest BCUT2D eigenvalue weighted by Gasteiger charge is 2.31. The molecule has 0 radical (unpaired) electrons. The molecule has 32 heavy (non-hydrogen) atoms. The van der Waals surface area contributed by atoms with Crippen LogP contribution in [0, 0.1) is 0 Å². The van der Waals surface area contributed by atoms with Gasteiger partial charge in [0.1, 0.15) is 5.75 Å². The minimum atomic E-state index is -1.10. The summed E-state index contributed by atoms with van der Waals surface area (Å²) >= 11 is 0. The second-order valence-electron chi connectivity index (χ2n) is 7.19. The van der Waals surface area contributed by atoms with Crippen LogP contribution in [0.15, 0.2) is 83.9 Å². The van der Waals surface area contributed by atoms with E-state index < -0.39 is 12.2 Å². The van der Waals surface area contributed by atoms with Crippen molar-refractivity contribution < 1.29 is 14.3 Å². The standard InChI is InChI=1S/C25H24N4O3/c1-3-32-21-16-10-8-14-19(21)26-25(31)28-23-24(30)29(2)20-15-9-7-13-18(20)22(27-23)17-11-5-4-6-12-17/h4-16,23H,3H2,1-2H3,(H2,26,28,31). The zero-order chi connectivity index (χ0) is 22.5. The van der Waals surface area contributed by atoms with Crippen LogP contribution >= 0.6 is 0 Å². The number of hydrogen-bond acceptors (Lipinski definition) is 4. The van der Waals surface area contributed by atoms with Crippen LogP contribution < -0.4 is 20.3 Å². The number of rotatable bonds is 5. The molecule has 0 aliphatic carbocycles. The van der Waals surface area contributed by atoms with Crippen molar-refractivity contribution in [2.24, 2.45) is 4.99 Å². The Hall–Kier alpha value is -4.13. The molecule has 0 aromatic heterocycles. The summed E-state index contributed by atoms with van der Waals surface area (Å²) in [5.41, 5.74) is 3.56. The van der Waals surface area contributed by atoms with E-state index in [1.165, 1.54) is 4.90 Å². The number of hydrogen-bond donors (Lipinski definition) is 2. The Morgan fingerprint density at radius 2 is 1.69 bits per heavy atom. The van der Waals surface area contributed by atoms with Crippen LogP contribution in [-0.2, 0) is 4.79 Å². The fourth-order valence-electron chi connectivity index (χ4n) is 3.58. The molecule has 0 saturated carbocycles. The highest BCUT2D eigenvalue weighted by Crippen LogP contribution is 2.27. The maximum Gasteiger partial charge on any atom is 0.321 e. The zero-order valence-corrected chi connectivity index (χ0v) is 17.9. The van der Waals surface area contributed by atoms with E-state index in [9.17, 15) is 9.59 Å². The van der Waals surface area contributed by atoms with Gasteiger partial charge in [0.15, 0.2) is 0 Å². The summed E-state index contributed by atoms with van der Waals surface area (Å²) in [5, 5.41) is 5.47. The van der Waals surface area contributed by atoms with Crippen LogP contribution in [0.2, 0.25) is 0 Å². The Kier molecular flexibility index (Phi) is 6.17. The van der Waals surface area contributed by atoms with Gasteiger partial charge in [0, 0.05) is 18.2 Å². The van der Waals surface area contributed by atoms with E-state index >= 15 is 0 Å². The maximum atomic E-state index is 13.2. The average molecular weight is 428 g/mol. The van der Waals surface area contributed by atoms with Gasteiger partial charge in [-0.2, -0.15) is 0 Å². The van der Waals surface area contributed by atoms with Gasteiger partial charge >= 0.3 is 6.03 Å². The number of carbonyl (C=O) groups excluding carboxylic acids is 2. The Labute approximate surface area is 186 Å².